The van der Waals surface area contributed by atoms with Gasteiger partial charge in [-0.2, -0.15) is 0 Å². The molecule has 1 aliphatic rings. The predicted octanol–water partition coefficient (Wildman–Crippen LogP) is 3.17. The third kappa shape index (κ3) is 2.24. The van der Waals surface area contributed by atoms with Gasteiger partial charge in [0.25, 0.3) is 0 Å². The van der Waals surface area contributed by atoms with Crippen LogP contribution >= 0.6 is 11.6 Å². The molecule has 0 aromatic carbocycles. The number of halogens is 1. The van der Waals surface area contributed by atoms with Gasteiger partial charge in [-0.25, -0.2) is 4.98 Å². The molecular formula is C12H18ClN3. The topological polar surface area (TPSA) is 50.9 Å². The molecule has 1 aromatic rings. The van der Waals surface area contributed by atoms with Gasteiger partial charge in [0.2, 0.25) is 0 Å². The van der Waals surface area contributed by atoms with Crippen molar-refractivity contribution in [3.8, 4) is 0 Å². The fourth-order valence-corrected chi connectivity index (χ4v) is 2.11. The summed E-state index contributed by atoms with van der Waals surface area (Å²) in [6.07, 6.45) is 2.58. The van der Waals surface area contributed by atoms with Crippen LogP contribution in [0.25, 0.3) is 0 Å². The summed E-state index contributed by atoms with van der Waals surface area (Å²) in [5.74, 6) is 1.40. The highest BCUT2D eigenvalue weighted by molar-refractivity contribution is 6.29. The molecule has 1 aliphatic carbocycles. The summed E-state index contributed by atoms with van der Waals surface area (Å²) in [5.41, 5.74) is 6.93. The average Bonchev–Trinajstić information content (AvgIpc) is 3.00. The maximum Gasteiger partial charge on any atom is 0.150 e. The first-order valence-corrected chi connectivity index (χ1v) is 6.07. The molecule has 2 rings (SSSR count). The Morgan fingerprint density at radius 1 is 1.50 bits per heavy atom. The Balaban J connectivity index is 2.02. The van der Waals surface area contributed by atoms with E-state index in [4.69, 9.17) is 17.3 Å². The van der Waals surface area contributed by atoms with Crippen LogP contribution in [-0.2, 0) is 0 Å². The quantitative estimate of drug-likeness (QED) is 0.794. The number of pyridine rings is 1. The molecule has 3 nitrogen and oxygen atoms in total. The first-order chi connectivity index (χ1) is 7.53. The molecular weight excluding hydrogens is 222 g/mol. The van der Waals surface area contributed by atoms with Gasteiger partial charge in [-0.15, -0.1) is 0 Å². The van der Waals surface area contributed by atoms with Gasteiger partial charge in [0.05, 0.1) is 5.69 Å². The second kappa shape index (κ2) is 4.13. The van der Waals surface area contributed by atoms with E-state index in [-0.39, 0.29) is 0 Å². The number of nitrogen functional groups attached to an aromatic ring is 1. The third-order valence-electron chi connectivity index (χ3n) is 3.62. The minimum atomic E-state index is 0.441. The van der Waals surface area contributed by atoms with Crippen LogP contribution in [0.4, 0.5) is 11.5 Å². The highest BCUT2D eigenvalue weighted by atomic mass is 35.5. The lowest BCUT2D eigenvalue weighted by Gasteiger charge is -2.20. The van der Waals surface area contributed by atoms with Crippen molar-refractivity contribution >= 4 is 23.1 Å². The molecule has 1 fully saturated rings. The molecule has 0 bridgehead atoms. The molecule has 88 valence electrons. The van der Waals surface area contributed by atoms with Crippen molar-refractivity contribution in [2.45, 2.75) is 26.7 Å². The standard InChI is InChI=1S/C12H18ClN3/c1-8(2)12(5-6-12)7-15-11-9(14)3-4-10(13)16-11/h3-4,8H,5-7,14H2,1-2H3,(H,15,16). The SMILES string of the molecule is CC(C)C1(CNc2nc(Cl)ccc2N)CC1. The van der Waals surface area contributed by atoms with Crippen LogP contribution in [0.15, 0.2) is 12.1 Å². The number of nitrogens with two attached hydrogens (primary N) is 1. The van der Waals surface area contributed by atoms with E-state index in [2.05, 4.69) is 24.1 Å². The van der Waals surface area contributed by atoms with Gasteiger partial charge in [-0.1, -0.05) is 25.4 Å². The number of anilines is 2. The highest BCUT2D eigenvalue weighted by Crippen LogP contribution is 2.51. The summed E-state index contributed by atoms with van der Waals surface area (Å²) in [5, 5.41) is 3.80. The van der Waals surface area contributed by atoms with Gasteiger partial charge in [0, 0.05) is 6.54 Å². The summed E-state index contributed by atoms with van der Waals surface area (Å²) >= 11 is 5.84. The summed E-state index contributed by atoms with van der Waals surface area (Å²) in [6, 6.07) is 3.49. The molecule has 3 N–H and O–H groups in total. The fourth-order valence-electron chi connectivity index (χ4n) is 1.97. The lowest BCUT2D eigenvalue weighted by atomic mass is 9.92. The van der Waals surface area contributed by atoms with Gasteiger partial charge in [-0.05, 0) is 36.3 Å². The zero-order valence-corrected chi connectivity index (χ0v) is 10.5. The zero-order valence-electron chi connectivity index (χ0n) is 9.76. The Morgan fingerprint density at radius 2 is 2.19 bits per heavy atom. The van der Waals surface area contributed by atoms with Gasteiger partial charge in [0.1, 0.15) is 5.15 Å². The van der Waals surface area contributed by atoms with Crippen LogP contribution in [0.3, 0.4) is 0 Å². The van der Waals surface area contributed by atoms with Crippen molar-refractivity contribution in [3.05, 3.63) is 17.3 Å². The van der Waals surface area contributed by atoms with Crippen LogP contribution in [0.1, 0.15) is 26.7 Å². The number of nitrogens with one attached hydrogen (secondary N) is 1. The van der Waals surface area contributed by atoms with Gasteiger partial charge >= 0.3 is 0 Å². The van der Waals surface area contributed by atoms with E-state index >= 15 is 0 Å². The van der Waals surface area contributed by atoms with E-state index < -0.39 is 0 Å². The normalized spacial score (nSPS) is 17.5. The number of aromatic nitrogens is 1. The summed E-state index contributed by atoms with van der Waals surface area (Å²) in [4.78, 5) is 4.19. The van der Waals surface area contributed by atoms with Crippen molar-refractivity contribution in [2.24, 2.45) is 11.3 Å². The van der Waals surface area contributed by atoms with Crippen molar-refractivity contribution in [2.75, 3.05) is 17.6 Å². The van der Waals surface area contributed by atoms with Crippen LogP contribution in [0.2, 0.25) is 5.15 Å². The average molecular weight is 240 g/mol. The minimum Gasteiger partial charge on any atom is -0.396 e. The Hall–Kier alpha value is -0.960. The molecule has 1 aromatic heterocycles. The fraction of sp³-hybridized carbons (Fsp3) is 0.583. The van der Waals surface area contributed by atoms with Crippen LogP contribution in [0, 0.1) is 11.3 Å². The summed E-state index contributed by atoms with van der Waals surface area (Å²) < 4.78 is 0. The molecule has 1 saturated carbocycles. The van der Waals surface area contributed by atoms with Crippen molar-refractivity contribution < 1.29 is 0 Å². The minimum absolute atomic E-state index is 0.441. The first-order valence-electron chi connectivity index (χ1n) is 5.69. The molecule has 0 radical (unpaired) electrons. The third-order valence-corrected chi connectivity index (χ3v) is 3.83. The predicted molar refractivity (Wildman–Crippen MR) is 68.7 cm³/mol. The van der Waals surface area contributed by atoms with Crippen molar-refractivity contribution in [1.29, 1.82) is 0 Å². The van der Waals surface area contributed by atoms with Crippen LogP contribution in [0.5, 0.6) is 0 Å². The Kier molecular flexibility index (Phi) is 2.98. The van der Waals surface area contributed by atoms with Gasteiger partial charge < -0.3 is 11.1 Å². The molecule has 4 heteroatoms. The molecule has 1 heterocycles. The Labute approximate surface area is 101 Å². The smallest absolute Gasteiger partial charge is 0.150 e. The second-order valence-electron chi connectivity index (χ2n) is 4.94. The summed E-state index contributed by atoms with van der Waals surface area (Å²) in [7, 11) is 0. The van der Waals surface area contributed by atoms with Crippen LogP contribution in [-0.4, -0.2) is 11.5 Å². The van der Waals surface area contributed by atoms with E-state index in [0.717, 1.165) is 6.54 Å². The lowest BCUT2D eigenvalue weighted by Crippen LogP contribution is -2.21. The second-order valence-corrected chi connectivity index (χ2v) is 5.33. The first kappa shape index (κ1) is 11.5. The number of hydrogen-bond donors (Lipinski definition) is 2. The molecule has 0 aliphatic heterocycles. The number of nitrogens with zero attached hydrogens (tertiary/aromatic N) is 1. The maximum atomic E-state index is 5.84. The van der Waals surface area contributed by atoms with Gasteiger partial charge in [-0.3, -0.25) is 0 Å². The van der Waals surface area contributed by atoms with Crippen molar-refractivity contribution in [3.63, 3.8) is 0 Å². The monoisotopic (exact) mass is 239 g/mol. The van der Waals surface area contributed by atoms with Crippen molar-refractivity contribution in [1.82, 2.24) is 4.98 Å². The molecule has 0 amide bonds. The zero-order chi connectivity index (χ0) is 11.8. The number of hydrogen-bond acceptors (Lipinski definition) is 3. The molecule has 0 saturated heterocycles. The Bertz CT molecular complexity index is 386. The van der Waals surface area contributed by atoms with Gasteiger partial charge in [0.15, 0.2) is 5.82 Å². The molecule has 0 atom stereocenters. The molecule has 16 heavy (non-hydrogen) atoms. The highest BCUT2D eigenvalue weighted by Gasteiger charge is 2.45. The summed E-state index contributed by atoms with van der Waals surface area (Å²) in [6.45, 7) is 5.47. The Morgan fingerprint density at radius 3 is 2.75 bits per heavy atom. The molecule has 0 spiro atoms. The number of rotatable bonds is 4. The largest absolute Gasteiger partial charge is 0.396 e. The lowest BCUT2D eigenvalue weighted by molar-refractivity contribution is 0.380. The van der Waals surface area contributed by atoms with E-state index in [9.17, 15) is 0 Å². The van der Waals surface area contributed by atoms with E-state index in [1.807, 2.05) is 0 Å². The van der Waals surface area contributed by atoms with E-state index in [1.165, 1.54) is 12.8 Å². The molecule has 0 unspecified atom stereocenters. The van der Waals surface area contributed by atoms with Crippen LogP contribution < -0.4 is 11.1 Å². The van der Waals surface area contributed by atoms with E-state index in [1.54, 1.807) is 12.1 Å². The van der Waals surface area contributed by atoms with E-state index in [0.29, 0.717) is 28.0 Å². The maximum absolute atomic E-state index is 5.84.